The molecule has 1 aliphatic rings. The predicted octanol–water partition coefficient (Wildman–Crippen LogP) is 5.80. The van der Waals surface area contributed by atoms with Crippen LogP contribution in [0.1, 0.15) is 56.0 Å². The number of hydrogen-bond acceptors (Lipinski definition) is 4. The Morgan fingerprint density at radius 2 is 1.73 bits per heavy atom. The van der Waals surface area contributed by atoms with Gasteiger partial charge in [0.15, 0.2) is 5.17 Å². The summed E-state index contributed by atoms with van der Waals surface area (Å²) in [5.41, 5.74) is 0.463. The van der Waals surface area contributed by atoms with Gasteiger partial charge in [-0.25, -0.2) is 0 Å². The van der Waals surface area contributed by atoms with Gasteiger partial charge < -0.3 is 5.32 Å². The van der Waals surface area contributed by atoms with Crippen LogP contribution in [0.15, 0.2) is 53.5 Å². The van der Waals surface area contributed by atoms with Crippen molar-refractivity contribution in [3.63, 3.8) is 0 Å². The number of halogens is 3. The fourth-order valence-corrected chi connectivity index (χ4v) is 4.10. The molecule has 158 valence electrons. The van der Waals surface area contributed by atoms with Crippen molar-refractivity contribution in [3.05, 3.63) is 70.8 Å². The van der Waals surface area contributed by atoms with Crippen molar-refractivity contribution in [3.8, 4) is 6.07 Å². The Balaban J connectivity index is 0.00000155. The second-order valence-corrected chi connectivity index (χ2v) is 7.88. The number of thioether (sulfide) groups is 1. The summed E-state index contributed by atoms with van der Waals surface area (Å²) in [6.07, 6.45) is -4.48. The highest BCUT2D eigenvalue weighted by Crippen LogP contribution is 2.42. The second kappa shape index (κ2) is 9.35. The lowest BCUT2D eigenvalue weighted by molar-refractivity contribution is -0.138. The molecule has 1 heterocycles. The van der Waals surface area contributed by atoms with Crippen LogP contribution in [0, 0.1) is 11.3 Å². The molecule has 2 aromatic carbocycles. The lowest BCUT2D eigenvalue weighted by Crippen LogP contribution is -2.31. The van der Waals surface area contributed by atoms with Crippen molar-refractivity contribution in [2.45, 2.75) is 44.7 Å². The number of amidine groups is 1. The number of nitrogens with one attached hydrogen (secondary N) is 1. The van der Waals surface area contributed by atoms with Gasteiger partial charge in [0.2, 0.25) is 5.91 Å². The summed E-state index contributed by atoms with van der Waals surface area (Å²) in [7, 11) is 0. The van der Waals surface area contributed by atoms with Gasteiger partial charge in [0.25, 0.3) is 0 Å². The Bertz CT molecular complexity index is 980. The number of alkyl halides is 3. The Morgan fingerprint density at radius 1 is 1.13 bits per heavy atom. The van der Waals surface area contributed by atoms with Crippen molar-refractivity contribution in [1.82, 2.24) is 5.32 Å². The van der Waals surface area contributed by atoms with Crippen molar-refractivity contribution in [2.24, 2.45) is 4.99 Å². The summed E-state index contributed by atoms with van der Waals surface area (Å²) in [5, 5.41) is 11.8. The molecule has 0 radical (unpaired) electrons. The molecule has 1 aliphatic heterocycles. The number of aliphatic imine (C=N–C) groups is 1. The first-order valence-electron chi connectivity index (χ1n) is 9.40. The van der Waals surface area contributed by atoms with E-state index >= 15 is 0 Å². The zero-order chi connectivity index (χ0) is 22.5. The fraction of sp³-hybridized carbons (Fsp3) is 0.318. The number of nitriles is 1. The number of rotatable bonds is 3. The van der Waals surface area contributed by atoms with Gasteiger partial charge in [-0.05, 0) is 43.2 Å². The van der Waals surface area contributed by atoms with E-state index in [1.165, 1.54) is 18.2 Å². The summed E-state index contributed by atoms with van der Waals surface area (Å²) < 4.78 is 38.8. The van der Waals surface area contributed by atoms with E-state index in [9.17, 15) is 18.0 Å². The zero-order valence-electron chi connectivity index (χ0n) is 17.0. The van der Waals surface area contributed by atoms with E-state index in [1.807, 2.05) is 19.9 Å². The van der Waals surface area contributed by atoms with Crippen LogP contribution in [0.2, 0.25) is 0 Å². The molecule has 0 aliphatic carbocycles. The minimum Gasteiger partial charge on any atom is -0.304 e. The standard InChI is InChI=1S/C20H16F3N3OS.C2H6/c1-12(15-5-3-4-6-16(15)20(21,22)23)25-18-26-17(27)19(2,28-18)14-9-7-13(11-24)8-10-14;1-2/h3-10,12H,1-2H3,(H,25,26,27);1-2H3/t12-,19?;/m0./s1. The van der Waals surface area contributed by atoms with E-state index in [0.29, 0.717) is 11.1 Å². The van der Waals surface area contributed by atoms with Crippen LogP contribution < -0.4 is 5.32 Å². The molecular formula is C22H22F3N3OS. The molecule has 2 aromatic rings. The Morgan fingerprint density at radius 3 is 2.30 bits per heavy atom. The average Bonchev–Trinajstić information content (AvgIpc) is 3.03. The van der Waals surface area contributed by atoms with Crippen LogP contribution in [-0.4, -0.2) is 11.1 Å². The first kappa shape index (κ1) is 23.5. The molecule has 0 spiro atoms. The number of benzene rings is 2. The Kier molecular flexibility index (Phi) is 7.32. The first-order valence-corrected chi connectivity index (χ1v) is 10.2. The molecule has 30 heavy (non-hydrogen) atoms. The molecule has 8 heteroatoms. The van der Waals surface area contributed by atoms with Gasteiger partial charge in [0.05, 0.1) is 23.2 Å². The number of amides is 1. The monoisotopic (exact) mass is 433 g/mol. The minimum atomic E-state index is -4.48. The van der Waals surface area contributed by atoms with Crippen molar-refractivity contribution in [2.75, 3.05) is 0 Å². The lowest BCUT2D eigenvalue weighted by Gasteiger charge is -2.19. The van der Waals surface area contributed by atoms with Crippen molar-refractivity contribution < 1.29 is 18.0 Å². The van der Waals surface area contributed by atoms with Crippen molar-refractivity contribution in [1.29, 1.82) is 5.26 Å². The Labute approximate surface area is 178 Å². The number of carbonyl (C=O) groups excluding carboxylic acids is 1. The highest BCUT2D eigenvalue weighted by Gasteiger charge is 2.44. The normalized spacial score (nSPS) is 20.7. The zero-order valence-corrected chi connectivity index (χ0v) is 17.9. The van der Waals surface area contributed by atoms with Gasteiger partial charge in [-0.15, -0.1) is 0 Å². The highest BCUT2D eigenvalue weighted by atomic mass is 32.2. The fourth-order valence-electron chi connectivity index (χ4n) is 2.96. The first-order chi connectivity index (χ1) is 14.1. The maximum atomic E-state index is 13.2. The highest BCUT2D eigenvalue weighted by molar-refractivity contribution is 8.15. The molecule has 4 nitrogen and oxygen atoms in total. The van der Waals surface area contributed by atoms with Crippen LogP contribution in [0.3, 0.4) is 0 Å². The van der Waals surface area contributed by atoms with E-state index in [4.69, 9.17) is 5.26 Å². The van der Waals surface area contributed by atoms with Crippen LogP contribution in [0.25, 0.3) is 0 Å². The maximum absolute atomic E-state index is 13.2. The third-order valence-electron chi connectivity index (χ3n) is 4.55. The molecule has 1 N–H and O–H groups in total. The Hall–Kier alpha value is -2.79. The second-order valence-electron chi connectivity index (χ2n) is 6.47. The molecular weight excluding hydrogens is 411 g/mol. The van der Waals surface area contributed by atoms with E-state index in [1.54, 1.807) is 38.1 Å². The van der Waals surface area contributed by atoms with Gasteiger partial charge in [0.1, 0.15) is 4.75 Å². The maximum Gasteiger partial charge on any atom is 0.416 e. The number of nitrogens with zero attached hydrogens (tertiary/aromatic N) is 2. The number of hydrogen-bond donors (Lipinski definition) is 1. The quantitative estimate of drug-likeness (QED) is 0.665. The van der Waals surface area contributed by atoms with Crippen LogP contribution in [0.5, 0.6) is 0 Å². The van der Waals surface area contributed by atoms with Crippen LogP contribution in [0.4, 0.5) is 13.2 Å². The molecule has 1 amide bonds. The molecule has 2 atom stereocenters. The third-order valence-corrected chi connectivity index (χ3v) is 5.78. The average molecular weight is 433 g/mol. The lowest BCUT2D eigenvalue weighted by atomic mass is 9.98. The molecule has 0 bridgehead atoms. The third kappa shape index (κ3) is 4.85. The molecule has 0 aromatic heterocycles. The van der Waals surface area contributed by atoms with E-state index < -0.39 is 22.5 Å². The van der Waals surface area contributed by atoms with Crippen molar-refractivity contribution >= 4 is 22.8 Å². The molecule has 1 fully saturated rings. The van der Waals surface area contributed by atoms with Crippen LogP contribution >= 0.6 is 11.8 Å². The van der Waals surface area contributed by atoms with E-state index in [2.05, 4.69) is 10.3 Å². The molecule has 0 saturated carbocycles. The van der Waals surface area contributed by atoms with Gasteiger partial charge in [-0.1, -0.05) is 55.9 Å². The van der Waals surface area contributed by atoms with Gasteiger partial charge in [-0.2, -0.15) is 18.4 Å². The summed E-state index contributed by atoms with van der Waals surface area (Å²) in [5.74, 6) is -0.308. The molecule has 3 rings (SSSR count). The SMILES string of the molecule is CC.C[C@H](N=C1NC(=O)C(C)(c2ccc(C#N)cc2)S1)c1ccccc1C(F)(F)F. The van der Waals surface area contributed by atoms with E-state index in [0.717, 1.165) is 17.8 Å². The van der Waals surface area contributed by atoms with E-state index in [-0.39, 0.29) is 16.6 Å². The largest absolute Gasteiger partial charge is 0.416 e. The summed E-state index contributed by atoms with van der Waals surface area (Å²) in [6.45, 7) is 7.27. The van der Waals surface area contributed by atoms with Gasteiger partial charge >= 0.3 is 6.18 Å². The van der Waals surface area contributed by atoms with Gasteiger partial charge in [0, 0.05) is 0 Å². The topological polar surface area (TPSA) is 65.2 Å². The molecule has 1 unspecified atom stereocenters. The molecule has 1 saturated heterocycles. The minimum absolute atomic E-state index is 0.0457. The smallest absolute Gasteiger partial charge is 0.304 e. The summed E-state index contributed by atoms with van der Waals surface area (Å²) in [4.78, 5) is 16.9. The predicted molar refractivity (Wildman–Crippen MR) is 113 cm³/mol. The number of carbonyl (C=O) groups is 1. The summed E-state index contributed by atoms with van der Waals surface area (Å²) in [6, 6.07) is 13.1. The summed E-state index contributed by atoms with van der Waals surface area (Å²) >= 11 is 1.15. The van der Waals surface area contributed by atoms with Crippen LogP contribution in [-0.2, 0) is 15.7 Å². The van der Waals surface area contributed by atoms with Gasteiger partial charge in [-0.3, -0.25) is 9.79 Å².